The SMILES string of the molecule is Nc1ccnc(CN2C3CCC2CC(O)C3)c1. The van der Waals surface area contributed by atoms with Crippen LogP contribution in [0.1, 0.15) is 31.4 Å². The minimum absolute atomic E-state index is 0.0995. The second-order valence-electron chi connectivity index (χ2n) is 5.26. The molecule has 2 aliphatic heterocycles. The van der Waals surface area contributed by atoms with Crippen molar-refractivity contribution in [2.24, 2.45) is 0 Å². The lowest BCUT2D eigenvalue weighted by Gasteiger charge is -2.36. The number of hydrogen-bond donors (Lipinski definition) is 2. The normalized spacial score (nSPS) is 32.9. The van der Waals surface area contributed by atoms with Crippen molar-refractivity contribution >= 4 is 5.69 Å². The van der Waals surface area contributed by atoms with E-state index in [9.17, 15) is 5.11 Å². The minimum atomic E-state index is -0.0995. The van der Waals surface area contributed by atoms with Crippen LogP contribution < -0.4 is 5.73 Å². The number of hydrogen-bond acceptors (Lipinski definition) is 4. The van der Waals surface area contributed by atoms with Crippen LogP contribution in [0.15, 0.2) is 18.3 Å². The Morgan fingerprint density at radius 3 is 2.71 bits per heavy atom. The van der Waals surface area contributed by atoms with Gasteiger partial charge in [0.1, 0.15) is 0 Å². The molecule has 3 heterocycles. The molecule has 2 aliphatic rings. The summed E-state index contributed by atoms with van der Waals surface area (Å²) in [6.45, 7) is 0.868. The maximum Gasteiger partial charge on any atom is 0.0570 e. The predicted octanol–water partition coefficient (Wildman–Crippen LogP) is 1.15. The van der Waals surface area contributed by atoms with Gasteiger partial charge in [-0.1, -0.05) is 0 Å². The zero-order chi connectivity index (χ0) is 11.8. The summed E-state index contributed by atoms with van der Waals surface area (Å²) in [4.78, 5) is 6.86. The quantitative estimate of drug-likeness (QED) is 0.804. The summed E-state index contributed by atoms with van der Waals surface area (Å²) in [5, 5.41) is 9.76. The van der Waals surface area contributed by atoms with Crippen molar-refractivity contribution in [2.75, 3.05) is 5.73 Å². The molecule has 1 aromatic heterocycles. The van der Waals surface area contributed by atoms with Crippen LogP contribution in [0.3, 0.4) is 0 Å². The molecule has 4 heteroatoms. The number of piperidine rings is 1. The van der Waals surface area contributed by atoms with Gasteiger partial charge in [0.25, 0.3) is 0 Å². The van der Waals surface area contributed by atoms with E-state index in [1.165, 1.54) is 12.8 Å². The Morgan fingerprint density at radius 2 is 2.06 bits per heavy atom. The number of aliphatic hydroxyl groups excluding tert-OH is 1. The number of fused-ring (bicyclic) bond motifs is 2. The third-order valence-corrected chi connectivity index (χ3v) is 4.04. The summed E-state index contributed by atoms with van der Waals surface area (Å²) >= 11 is 0. The van der Waals surface area contributed by atoms with Gasteiger partial charge in [0.2, 0.25) is 0 Å². The molecule has 2 bridgehead atoms. The molecule has 3 rings (SSSR count). The van der Waals surface area contributed by atoms with E-state index in [-0.39, 0.29) is 6.10 Å². The number of nitrogen functional groups attached to an aromatic ring is 1. The highest BCUT2D eigenvalue weighted by atomic mass is 16.3. The number of pyridine rings is 1. The average Bonchev–Trinajstić information content (AvgIpc) is 2.54. The summed E-state index contributed by atoms with van der Waals surface area (Å²) < 4.78 is 0. The second kappa shape index (κ2) is 4.27. The van der Waals surface area contributed by atoms with Gasteiger partial charge in [0, 0.05) is 30.5 Å². The molecule has 17 heavy (non-hydrogen) atoms. The Kier molecular flexibility index (Phi) is 2.76. The van der Waals surface area contributed by atoms with Gasteiger partial charge in [0.15, 0.2) is 0 Å². The van der Waals surface area contributed by atoms with Crippen LogP contribution in [0, 0.1) is 0 Å². The maximum atomic E-state index is 9.76. The first kappa shape index (κ1) is 11.0. The van der Waals surface area contributed by atoms with Gasteiger partial charge in [-0.25, -0.2) is 0 Å². The highest BCUT2D eigenvalue weighted by molar-refractivity contribution is 5.37. The van der Waals surface area contributed by atoms with Gasteiger partial charge in [-0.3, -0.25) is 9.88 Å². The molecule has 0 aromatic carbocycles. The molecule has 0 spiro atoms. The first-order valence-electron chi connectivity index (χ1n) is 6.36. The Balaban J connectivity index is 1.74. The largest absolute Gasteiger partial charge is 0.399 e. The Labute approximate surface area is 101 Å². The highest BCUT2D eigenvalue weighted by Crippen LogP contribution is 2.36. The van der Waals surface area contributed by atoms with Crippen molar-refractivity contribution in [2.45, 2.75) is 50.4 Å². The molecule has 0 aliphatic carbocycles. The molecule has 4 nitrogen and oxygen atoms in total. The molecule has 1 aromatic rings. The summed E-state index contributed by atoms with van der Waals surface area (Å²) in [5.41, 5.74) is 7.59. The van der Waals surface area contributed by atoms with Crippen LogP contribution in [-0.2, 0) is 6.54 Å². The Bertz CT molecular complexity index is 395. The molecule has 2 unspecified atom stereocenters. The van der Waals surface area contributed by atoms with E-state index in [1.54, 1.807) is 6.20 Å². The minimum Gasteiger partial charge on any atom is -0.399 e. The monoisotopic (exact) mass is 233 g/mol. The van der Waals surface area contributed by atoms with Crippen LogP contribution >= 0.6 is 0 Å². The molecule has 0 saturated carbocycles. The van der Waals surface area contributed by atoms with Gasteiger partial charge in [0.05, 0.1) is 11.8 Å². The first-order chi connectivity index (χ1) is 8.22. The van der Waals surface area contributed by atoms with Gasteiger partial charge in [-0.05, 0) is 37.8 Å². The molecule has 92 valence electrons. The van der Waals surface area contributed by atoms with E-state index in [0.29, 0.717) is 12.1 Å². The fourth-order valence-corrected chi connectivity index (χ4v) is 3.27. The summed E-state index contributed by atoms with van der Waals surface area (Å²) in [6.07, 6.45) is 5.93. The van der Waals surface area contributed by atoms with Crippen LogP contribution in [0.2, 0.25) is 0 Å². The van der Waals surface area contributed by atoms with Crippen molar-refractivity contribution < 1.29 is 5.11 Å². The van der Waals surface area contributed by atoms with E-state index in [0.717, 1.165) is 30.8 Å². The predicted molar refractivity (Wildman–Crippen MR) is 66.2 cm³/mol. The van der Waals surface area contributed by atoms with Crippen molar-refractivity contribution in [1.29, 1.82) is 0 Å². The van der Waals surface area contributed by atoms with Crippen LogP contribution in [-0.4, -0.2) is 33.2 Å². The number of nitrogens with two attached hydrogens (primary N) is 1. The second-order valence-corrected chi connectivity index (χ2v) is 5.26. The third kappa shape index (κ3) is 2.15. The first-order valence-corrected chi connectivity index (χ1v) is 6.36. The number of rotatable bonds is 2. The molecular weight excluding hydrogens is 214 g/mol. The van der Waals surface area contributed by atoms with E-state index < -0.39 is 0 Å². The fourth-order valence-electron chi connectivity index (χ4n) is 3.27. The average molecular weight is 233 g/mol. The van der Waals surface area contributed by atoms with Gasteiger partial charge >= 0.3 is 0 Å². The van der Waals surface area contributed by atoms with Crippen LogP contribution in [0.4, 0.5) is 5.69 Å². The lowest BCUT2D eigenvalue weighted by molar-refractivity contribution is 0.0304. The van der Waals surface area contributed by atoms with E-state index in [4.69, 9.17) is 5.73 Å². The lowest BCUT2D eigenvalue weighted by Crippen LogP contribution is -2.44. The number of nitrogens with zero attached hydrogens (tertiary/aromatic N) is 2. The van der Waals surface area contributed by atoms with E-state index in [2.05, 4.69) is 9.88 Å². The van der Waals surface area contributed by atoms with Crippen molar-refractivity contribution in [3.63, 3.8) is 0 Å². The van der Waals surface area contributed by atoms with Crippen LogP contribution in [0.25, 0.3) is 0 Å². The fraction of sp³-hybridized carbons (Fsp3) is 0.615. The van der Waals surface area contributed by atoms with Crippen molar-refractivity contribution in [3.8, 4) is 0 Å². The zero-order valence-electron chi connectivity index (χ0n) is 9.92. The highest BCUT2D eigenvalue weighted by Gasteiger charge is 2.39. The van der Waals surface area contributed by atoms with Gasteiger partial charge < -0.3 is 10.8 Å². The number of aromatic nitrogens is 1. The molecule has 0 amide bonds. The van der Waals surface area contributed by atoms with Crippen molar-refractivity contribution in [1.82, 2.24) is 9.88 Å². The van der Waals surface area contributed by atoms with Crippen LogP contribution in [0.5, 0.6) is 0 Å². The van der Waals surface area contributed by atoms with Gasteiger partial charge in [-0.2, -0.15) is 0 Å². The molecule has 3 N–H and O–H groups in total. The summed E-state index contributed by atoms with van der Waals surface area (Å²) in [7, 11) is 0. The lowest BCUT2D eigenvalue weighted by atomic mass is 10.00. The topological polar surface area (TPSA) is 62.4 Å². The van der Waals surface area contributed by atoms with Crippen molar-refractivity contribution in [3.05, 3.63) is 24.0 Å². The summed E-state index contributed by atoms with van der Waals surface area (Å²) in [6, 6.07) is 4.83. The number of aliphatic hydroxyl groups is 1. The molecular formula is C13H19N3O. The Morgan fingerprint density at radius 1 is 1.35 bits per heavy atom. The van der Waals surface area contributed by atoms with E-state index in [1.807, 2.05) is 12.1 Å². The maximum absolute atomic E-state index is 9.76. The smallest absolute Gasteiger partial charge is 0.0570 e. The molecule has 2 atom stereocenters. The third-order valence-electron chi connectivity index (χ3n) is 4.04. The standard InChI is InChI=1S/C13H19N3O/c14-9-3-4-15-10(5-9)8-16-11-1-2-12(16)7-13(17)6-11/h3-5,11-13,17H,1-2,6-8H2,(H2,14,15). The zero-order valence-corrected chi connectivity index (χ0v) is 9.92. The molecule has 0 radical (unpaired) electrons. The number of anilines is 1. The van der Waals surface area contributed by atoms with E-state index >= 15 is 0 Å². The Hall–Kier alpha value is -1.13. The molecule has 2 fully saturated rings. The van der Waals surface area contributed by atoms with Gasteiger partial charge in [-0.15, -0.1) is 0 Å². The molecule has 2 saturated heterocycles. The summed E-state index contributed by atoms with van der Waals surface area (Å²) in [5.74, 6) is 0.